The van der Waals surface area contributed by atoms with Gasteiger partial charge < -0.3 is 20.9 Å². The number of carbonyl (C=O) groups excluding carboxylic acids is 5. The van der Waals surface area contributed by atoms with Gasteiger partial charge in [0.25, 0.3) is 11.8 Å². The highest BCUT2D eigenvalue weighted by atomic mass is 32.2. The third-order valence-electron chi connectivity index (χ3n) is 7.49. The van der Waals surface area contributed by atoms with E-state index >= 15 is 0 Å². The Labute approximate surface area is 262 Å². The van der Waals surface area contributed by atoms with E-state index in [1.165, 1.54) is 11.8 Å². The zero-order valence-corrected chi connectivity index (χ0v) is 26.3. The zero-order chi connectivity index (χ0) is 31.1. The molecule has 0 aromatic heterocycles. The highest BCUT2D eigenvalue weighted by Crippen LogP contribution is 2.33. The molecule has 0 aliphatic carbocycles. The normalized spacial score (nSPS) is 19.3. The molecule has 2 aromatic carbocycles. The number of amides is 6. The summed E-state index contributed by atoms with van der Waals surface area (Å²) >= 11 is 6.22. The number of likely N-dealkylation sites (N-methyl/N-ethyl adjacent to an activating group) is 1. The van der Waals surface area contributed by atoms with Crippen molar-refractivity contribution in [3.63, 3.8) is 0 Å². The van der Waals surface area contributed by atoms with E-state index in [9.17, 15) is 24.0 Å². The molecule has 3 N–H and O–H groups in total. The van der Waals surface area contributed by atoms with E-state index in [0.717, 1.165) is 10.5 Å². The Kier molecular flexibility index (Phi) is 11.1. The van der Waals surface area contributed by atoms with Gasteiger partial charge in [0.15, 0.2) is 0 Å². The van der Waals surface area contributed by atoms with Gasteiger partial charge in [0, 0.05) is 50.1 Å². The smallest absolute Gasteiger partial charge is 0.317 e. The maximum atomic E-state index is 13.5. The predicted octanol–water partition coefficient (Wildman–Crippen LogP) is 2.60. The fraction of sp³-hybridized carbons (Fsp3) is 0.452. The number of hydrogen-bond donors (Lipinski definition) is 4. The van der Waals surface area contributed by atoms with Crippen LogP contribution in [0.3, 0.4) is 0 Å². The van der Waals surface area contributed by atoms with E-state index in [1.54, 1.807) is 36.2 Å². The first-order valence-corrected chi connectivity index (χ1v) is 15.9. The molecule has 2 heterocycles. The first kappa shape index (κ1) is 32.4. The number of nitrogens with one attached hydrogen (secondary N) is 3. The molecule has 6 amide bonds. The van der Waals surface area contributed by atoms with Crippen molar-refractivity contribution in [3.05, 3.63) is 71.3 Å². The zero-order valence-electron chi connectivity index (χ0n) is 24.6. The van der Waals surface area contributed by atoms with Gasteiger partial charge in [0.05, 0.1) is 16.4 Å². The number of imide groups is 1. The van der Waals surface area contributed by atoms with Gasteiger partial charge in [-0.15, -0.1) is 11.8 Å². The summed E-state index contributed by atoms with van der Waals surface area (Å²) in [7, 11) is 1.55. The molecule has 10 nitrogen and oxygen atoms in total. The monoisotopic (exact) mass is 625 g/mol. The Morgan fingerprint density at radius 1 is 0.953 bits per heavy atom. The van der Waals surface area contributed by atoms with Crippen LogP contribution in [0.1, 0.15) is 46.5 Å². The van der Waals surface area contributed by atoms with Crippen LogP contribution in [0.15, 0.2) is 54.6 Å². The van der Waals surface area contributed by atoms with Gasteiger partial charge in [0.2, 0.25) is 11.8 Å². The Morgan fingerprint density at radius 2 is 1.58 bits per heavy atom. The van der Waals surface area contributed by atoms with Crippen molar-refractivity contribution >= 4 is 54.1 Å². The summed E-state index contributed by atoms with van der Waals surface area (Å²) in [6, 6.07) is 15.2. The molecule has 1 fully saturated rings. The van der Waals surface area contributed by atoms with E-state index < -0.39 is 11.3 Å². The minimum Gasteiger partial charge on any atom is -0.357 e. The molecule has 0 unspecified atom stereocenters. The van der Waals surface area contributed by atoms with Crippen LogP contribution < -0.4 is 16.0 Å². The average molecular weight is 626 g/mol. The second-order valence-corrected chi connectivity index (χ2v) is 13.3. The Balaban J connectivity index is 1.32. The van der Waals surface area contributed by atoms with Crippen LogP contribution in [0.5, 0.6) is 0 Å². The number of benzene rings is 2. The summed E-state index contributed by atoms with van der Waals surface area (Å²) in [5.41, 5.74) is 1.69. The van der Waals surface area contributed by atoms with Crippen molar-refractivity contribution in [2.75, 3.05) is 33.2 Å². The fourth-order valence-corrected chi connectivity index (χ4v) is 7.39. The highest BCUT2D eigenvalue weighted by molar-refractivity contribution is 8.02. The highest BCUT2D eigenvalue weighted by Gasteiger charge is 2.38. The largest absolute Gasteiger partial charge is 0.357 e. The molecule has 0 bridgehead atoms. The van der Waals surface area contributed by atoms with Gasteiger partial charge >= 0.3 is 6.03 Å². The van der Waals surface area contributed by atoms with Crippen molar-refractivity contribution in [2.45, 2.75) is 48.5 Å². The number of likely N-dealkylation sites (tertiary alicyclic amines) is 1. The van der Waals surface area contributed by atoms with Gasteiger partial charge in [-0.2, -0.15) is 12.6 Å². The number of hydrogen-bond acceptors (Lipinski definition) is 7. The topological polar surface area (TPSA) is 128 Å². The van der Waals surface area contributed by atoms with Crippen LogP contribution in [0.25, 0.3) is 0 Å². The third-order valence-corrected chi connectivity index (χ3v) is 9.78. The lowest BCUT2D eigenvalue weighted by Crippen LogP contribution is -2.50. The summed E-state index contributed by atoms with van der Waals surface area (Å²) in [6.45, 7) is 5.06. The van der Waals surface area contributed by atoms with Crippen molar-refractivity contribution in [3.8, 4) is 0 Å². The van der Waals surface area contributed by atoms with Crippen LogP contribution in [0.2, 0.25) is 0 Å². The number of rotatable bonds is 12. The van der Waals surface area contributed by atoms with Crippen LogP contribution in [0.4, 0.5) is 4.79 Å². The van der Waals surface area contributed by atoms with Gasteiger partial charge in [-0.1, -0.05) is 56.3 Å². The molecule has 230 valence electrons. The van der Waals surface area contributed by atoms with Crippen LogP contribution in [-0.4, -0.2) is 94.5 Å². The number of thioether (sulfide) groups is 1. The molecule has 2 aliphatic rings. The minimum absolute atomic E-state index is 0.0700. The lowest BCUT2D eigenvalue weighted by molar-refractivity contribution is -0.128. The maximum absolute atomic E-state index is 13.5. The number of fused-ring (bicyclic) bond motifs is 1. The second-order valence-electron chi connectivity index (χ2n) is 11.2. The number of thiol groups is 1. The quantitative estimate of drug-likeness (QED) is 0.212. The van der Waals surface area contributed by atoms with Crippen LogP contribution in [-0.2, 0) is 16.0 Å². The molecule has 2 aliphatic heterocycles. The molecule has 2 aromatic rings. The number of carbonyl (C=O) groups is 5. The molecular weight excluding hydrogens is 587 g/mol. The number of nitrogens with zero attached hydrogens (tertiary/aromatic N) is 2. The molecule has 0 saturated carbocycles. The summed E-state index contributed by atoms with van der Waals surface area (Å²) in [5, 5.41) is 7.73. The number of urea groups is 1. The first-order chi connectivity index (χ1) is 20.6. The van der Waals surface area contributed by atoms with Crippen molar-refractivity contribution in [2.24, 2.45) is 5.92 Å². The SMILES string of the molecule is CNC(=O)[C@H](Cc1ccccc1)NC(=O)[C@H](CC(C)C)S[C@@H]1CN(C(=O)NCCN2C(=O)c3ccccc3C2=O)C[C@@H]1S. The van der Waals surface area contributed by atoms with Crippen molar-refractivity contribution in [1.29, 1.82) is 0 Å². The van der Waals surface area contributed by atoms with Crippen molar-refractivity contribution in [1.82, 2.24) is 25.8 Å². The summed E-state index contributed by atoms with van der Waals surface area (Å²) < 4.78 is 0. The molecule has 1 saturated heterocycles. The molecule has 4 rings (SSSR count). The summed E-state index contributed by atoms with van der Waals surface area (Å²) in [4.78, 5) is 67.1. The Morgan fingerprint density at radius 3 is 2.19 bits per heavy atom. The van der Waals surface area contributed by atoms with Gasteiger partial charge in [-0.3, -0.25) is 24.1 Å². The standard InChI is InChI=1S/C31H39N5O5S2/c1-19(2)15-25(28(38)34-23(27(37)32-3)16-20-9-5-4-6-10-20)43-26-18-35(17-24(26)42)31(41)33-13-14-36-29(39)21-11-7-8-12-22(21)30(36)40/h4-12,19,23-26,42H,13-18H2,1-3H3,(H,32,37)(H,33,41)(H,34,38)/t23-,24-,25-,26+/m0/s1. The predicted molar refractivity (Wildman–Crippen MR) is 170 cm³/mol. The molecule has 0 spiro atoms. The Bertz CT molecular complexity index is 1310. The summed E-state index contributed by atoms with van der Waals surface area (Å²) in [6.07, 6.45) is 0.977. The molecular formula is C31H39N5O5S2. The van der Waals surface area contributed by atoms with Gasteiger partial charge in [-0.25, -0.2) is 4.79 Å². The molecule has 43 heavy (non-hydrogen) atoms. The second kappa shape index (κ2) is 14.8. The van der Waals surface area contributed by atoms with Gasteiger partial charge in [-0.05, 0) is 30.0 Å². The van der Waals surface area contributed by atoms with Crippen LogP contribution in [0, 0.1) is 5.92 Å². The molecule has 4 atom stereocenters. The van der Waals surface area contributed by atoms with Crippen LogP contribution >= 0.6 is 24.4 Å². The average Bonchev–Trinajstić information content (AvgIpc) is 3.48. The first-order valence-electron chi connectivity index (χ1n) is 14.5. The maximum Gasteiger partial charge on any atom is 0.317 e. The lowest BCUT2D eigenvalue weighted by atomic mass is 10.0. The van der Waals surface area contributed by atoms with Gasteiger partial charge in [0.1, 0.15) is 6.04 Å². The van der Waals surface area contributed by atoms with E-state index in [2.05, 4.69) is 16.0 Å². The van der Waals surface area contributed by atoms with E-state index in [1.807, 2.05) is 44.2 Å². The Hall–Kier alpha value is -3.51. The minimum atomic E-state index is -0.713. The van der Waals surface area contributed by atoms with E-state index in [-0.39, 0.29) is 59.2 Å². The van der Waals surface area contributed by atoms with E-state index in [0.29, 0.717) is 37.1 Å². The van der Waals surface area contributed by atoms with E-state index in [4.69, 9.17) is 12.6 Å². The summed E-state index contributed by atoms with van der Waals surface area (Å²) in [5.74, 6) is -0.966. The lowest BCUT2D eigenvalue weighted by Gasteiger charge is -2.26. The fourth-order valence-electron chi connectivity index (χ4n) is 5.25. The third kappa shape index (κ3) is 8.11. The van der Waals surface area contributed by atoms with Crippen molar-refractivity contribution < 1.29 is 24.0 Å². The molecule has 0 radical (unpaired) electrons. The molecule has 12 heteroatoms.